The molecule has 3 atom stereocenters. The van der Waals surface area contributed by atoms with Gasteiger partial charge in [0.15, 0.2) is 0 Å². The summed E-state index contributed by atoms with van der Waals surface area (Å²) in [6, 6.07) is 1.18. The van der Waals surface area contributed by atoms with Gasteiger partial charge in [-0.15, -0.1) is 0 Å². The van der Waals surface area contributed by atoms with Crippen LogP contribution in [0.2, 0.25) is 0 Å². The van der Waals surface area contributed by atoms with Crippen molar-refractivity contribution in [3.63, 3.8) is 0 Å². The molecule has 1 saturated carbocycles. The van der Waals surface area contributed by atoms with E-state index in [9.17, 15) is 4.79 Å². The van der Waals surface area contributed by atoms with Crippen LogP contribution < -0.4 is 5.32 Å². The molecule has 17 heavy (non-hydrogen) atoms. The minimum Gasteiger partial charge on any atom is -0.444 e. The van der Waals surface area contributed by atoms with Crippen LogP contribution in [0.3, 0.4) is 0 Å². The fraction of sp³-hybridized carbons (Fsp3) is 0.923. The van der Waals surface area contributed by atoms with Crippen molar-refractivity contribution in [2.45, 2.75) is 70.7 Å². The first-order chi connectivity index (χ1) is 7.87. The minimum absolute atomic E-state index is 0.153. The van der Waals surface area contributed by atoms with E-state index in [2.05, 4.69) is 12.2 Å². The average molecular weight is 240 g/mol. The molecule has 0 radical (unpaired) electrons. The van der Waals surface area contributed by atoms with Crippen LogP contribution in [0.15, 0.2) is 0 Å². The van der Waals surface area contributed by atoms with Crippen molar-refractivity contribution in [2.75, 3.05) is 6.54 Å². The third-order valence-electron chi connectivity index (χ3n) is 3.58. The second-order valence-electron chi connectivity index (χ2n) is 6.31. The van der Waals surface area contributed by atoms with Crippen molar-refractivity contribution in [2.24, 2.45) is 0 Å². The molecule has 1 aliphatic carbocycles. The van der Waals surface area contributed by atoms with Crippen molar-refractivity contribution in [3.8, 4) is 0 Å². The molecule has 0 aromatic rings. The number of ether oxygens (including phenoxy) is 1. The van der Waals surface area contributed by atoms with Gasteiger partial charge in [0.1, 0.15) is 5.60 Å². The van der Waals surface area contributed by atoms with Gasteiger partial charge in [0, 0.05) is 24.7 Å². The van der Waals surface area contributed by atoms with Gasteiger partial charge in [-0.1, -0.05) is 0 Å². The standard InChI is InChI=1S/C13H24N2O2/c1-9-8-14-10-5-6-11(7-10)15(9)12(16)17-13(2,3)4/h9-11,14H,5-8H2,1-4H3. The second kappa shape index (κ2) is 4.48. The lowest BCUT2D eigenvalue weighted by atomic mass is 10.1. The molecule has 3 unspecified atom stereocenters. The lowest BCUT2D eigenvalue weighted by Gasteiger charge is -2.35. The molecule has 2 aliphatic rings. The zero-order chi connectivity index (χ0) is 12.6. The first-order valence-corrected chi connectivity index (χ1v) is 6.61. The van der Waals surface area contributed by atoms with Crippen molar-refractivity contribution in [3.05, 3.63) is 0 Å². The summed E-state index contributed by atoms with van der Waals surface area (Å²) in [5.74, 6) is 0. The van der Waals surface area contributed by atoms with Gasteiger partial charge < -0.3 is 15.0 Å². The van der Waals surface area contributed by atoms with Crippen molar-refractivity contribution < 1.29 is 9.53 Å². The normalized spacial score (nSPS) is 33.4. The quantitative estimate of drug-likeness (QED) is 0.705. The highest BCUT2D eigenvalue weighted by atomic mass is 16.6. The van der Waals surface area contributed by atoms with E-state index < -0.39 is 5.60 Å². The van der Waals surface area contributed by atoms with Crippen LogP contribution in [0.25, 0.3) is 0 Å². The van der Waals surface area contributed by atoms with Crippen molar-refractivity contribution >= 4 is 6.09 Å². The number of hydrogen-bond donors (Lipinski definition) is 1. The van der Waals surface area contributed by atoms with Crippen LogP contribution in [-0.2, 0) is 4.74 Å². The molecule has 1 amide bonds. The van der Waals surface area contributed by atoms with E-state index in [1.165, 1.54) is 6.42 Å². The van der Waals surface area contributed by atoms with Gasteiger partial charge in [-0.05, 0) is 47.0 Å². The topological polar surface area (TPSA) is 41.6 Å². The lowest BCUT2D eigenvalue weighted by molar-refractivity contribution is 0.00892. The van der Waals surface area contributed by atoms with Gasteiger partial charge in [-0.2, -0.15) is 0 Å². The number of carbonyl (C=O) groups excluding carboxylic acids is 1. The Bertz CT molecular complexity index is 298. The molecule has 4 nitrogen and oxygen atoms in total. The molecule has 0 aromatic heterocycles. The predicted molar refractivity (Wildman–Crippen MR) is 67.0 cm³/mol. The minimum atomic E-state index is -0.408. The first-order valence-electron chi connectivity index (χ1n) is 6.61. The highest BCUT2D eigenvalue weighted by molar-refractivity contribution is 5.69. The van der Waals surface area contributed by atoms with Gasteiger partial charge >= 0.3 is 6.09 Å². The Kier molecular flexibility index (Phi) is 3.34. The zero-order valence-corrected chi connectivity index (χ0v) is 11.3. The van der Waals surface area contributed by atoms with Crippen LogP contribution >= 0.6 is 0 Å². The second-order valence-corrected chi connectivity index (χ2v) is 6.31. The molecule has 2 bridgehead atoms. The Morgan fingerprint density at radius 1 is 1.35 bits per heavy atom. The summed E-state index contributed by atoms with van der Waals surface area (Å²) >= 11 is 0. The summed E-state index contributed by atoms with van der Waals surface area (Å²) in [6.07, 6.45) is 3.20. The Hall–Kier alpha value is -0.770. The number of fused-ring (bicyclic) bond motifs is 2. The lowest BCUT2D eigenvalue weighted by Crippen LogP contribution is -2.49. The van der Waals surface area contributed by atoms with Gasteiger partial charge in [0.25, 0.3) is 0 Å². The highest BCUT2D eigenvalue weighted by Crippen LogP contribution is 2.29. The highest BCUT2D eigenvalue weighted by Gasteiger charge is 2.39. The van der Waals surface area contributed by atoms with E-state index in [0.29, 0.717) is 12.1 Å². The maximum atomic E-state index is 12.2. The van der Waals surface area contributed by atoms with Gasteiger partial charge in [-0.25, -0.2) is 4.79 Å². The number of amides is 1. The zero-order valence-electron chi connectivity index (χ0n) is 11.3. The molecule has 1 aliphatic heterocycles. The largest absolute Gasteiger partial charge is 0.444 e. The van der Waals surface area contributed by atoms with Crippen LogP contribution in [-0.4, -0.2) is 41.3 Å². The Morgan fingerprint density at radius 2 is 2.06 bits per heavy atom. The molecule has 2 rings (SSSR count). The molecule has 4 heteroatoms. The van der Waals surface area contributed by atoms with E-state index >= 15 is 0 Å². The van der Waals surface area contributed by atoms with Crippen molar-refractivity contribution in [1.29, 1.82) is 0 Å². The van der Waals surface area contributed by atoms with Crippen LogP contribution in [0.5, 0.6) is 0 Å². The summed E-state index contributed by atoms with van der Waals surface area (Å²) in [5, 5.41) is 3.52. The SMILES string of the molecule is CC1CNC2CCC(C2)N1C(=O)OC(C)(C)C. The van der Waals surface area contributed by atoms with E-state index in [-0.39, 0.29) is 12.1 Å². The molecule has 98 valence electrons. The Balaban J connectivity index is 2.08. The summed E-state index contributed by atoms with van der Waals surface area (Å²) < 4.78 is 5.51. The van der Waals surface area contributed by atoms with Gasteiger partial charge in [0.2, 0.25) is 0 Å². The fourth-order valence-corrected chi connectivity index (χ4v) is 2.83. The molecular weight excluding hydrogens is 216 g/mol. The van der Waals surface area contributed by atoms with Crippen molar-refractivity contribution in [1.82, 2.24) is 10.2 Å². The monoisotopic (exact) mass is 240 g/mol. The smallest absolute Gasteiger partial charge is 0.410 e. The number of carbonyl (C=O) groups is 1. The summed E-state index contributed by atoms with van der Waals surface area (Å²) in [5.41, 5.74) is -0.408. The van der Waals surface area contributed by atoms with E-state index in [1.807, 2.05) is 25.7 Å². The molecule has 1 heterocycles. The number of nitrogens with one attached hydrogen (secondary N) is 1. The molecule has 1 saturated heterocycles. The number of hydrogen-bond acceptors (Lipinski definition) is 3. The molecular formula is C13H24N2O2. The Morgan fingerprint density at radius 3 is 2.71 bits per heavy atom. The third-order valence-corrected chi connectivity index (χ3v) is 3.58. The first kappa shape index (κ1) is 12.7. The maximum absolute atomic E-state index is 12.2. The summed E-state index contributed by atoms with van der Waals surface area (Å²) in [6.45, 7) is 8.73. The van der Waals surface area contributed by atoms with Crippen LogP contribution in [0, 0.1) is 0 Å². The number of rotatable bonds is 0. The summed E-state index contributed by atoms with van der Waals surface area (Å²) in [7, 11) is 0. The Labute approximate surface area is 104 Å². The average Bonchev–Trinajstić information content (AvgIpc) is 2.52. The van der Waals surface area contributed by atoms with E-state index in [1.54, 1.807) is 0 Å². The maximum Gasteiger partial charge on any atom is 0.410 e. The summed E-state index contributed by atoms with van der Waals surface area (Å²) in [4.78, 5) is 14.2. The van der Waals surface area contributed by atoms with E-state index in [0.717, 1.165) is 19.4 Å². The number of nitrogens with zero attached hydrogens (tertiary/aromatic N) is 1. The molecule has 0 spiro atoms. The van der Waals surface area contributed by atoms with Crippen LogP contribution in [0.4, 0.5) is 4.79 Å². The third kappa shape index (κ3) is 2.92. The predicted octanol–water partition coefficient (Wildman–Crippen LogP) is 2.14. The van der Waals surface area contributed by atoms with Gasteiger partial charge in [-0.3, -0.25) is 0 Å². The molecule has 1 N–H and O–H groups in total. The molecule has 0 aromatic carbocycles. The fourth-order valence-electron chi connectivity index (χ4n) is 2.83. The van der Waals surface area contributed by atoms with E-state index in [4.69, 9.17) is 4.74 Å². The van der Waals surface area contributed by atoms with Gasteiger partial charge in [0.05, 0.1) is 0 Å². The molecule has 2 fully saturated rings. The van der Waals surface area contributed by atoms with Crippen LogP contribution in [0.1, 0.15) is 47.0 Å².